The van der Waals surface area contributed by atoms with Gasteiger partial charge < -0.3 is 11.1 Å². The third kappa shape index (κ3) is 7.31. The molecule has 2 aliphatic rings. The van der Waals surface area contributed by atoms with Crippen LogP contribution in [0.1, 0.15) is 60.1 Å². The summed E-state index contributed by atoms with van der Waals surface area (Å²) in [6.45, 7) is 1.61. The standard InChI is InChI=1S/C31H35ClF3N5O3S/c1-31(34,35)28-11-6-20(15-39-28)29(19-4-7-22(32)8-5-19)30(36)27(41)13-21-14-37-17-26(33)25(21)10-9-24-16-38-23-3-2-12-44(42,43)40(24)18-23/h4-8,11,14-15,17,23-24,29-30,38H,2-3,9-10,12-13,16,18,36H2,1H3/t23-,24+,29+,30-/m1/s1. The Bertz CT molecular complexity index is 1590. The van der Waals surface area contributed by atoms with Gasteiger partial charge in [-0.15, -0.1) is 0 Å². The Morgan fingerprint density at radius 2 is 1.89 bits per heavy atom. The average molecular weight is 650 g/mol. The third-order valence-corrected chi connectivity index (χ3v) is 10.7. The highest BCUT2D eigenvalue weighted by molar-refractivity contribution is 7.89. The minimum atomic E-state index is -3.41. The Morgan fingerprint density at radius 1 is 1.16 bits per heavy atom. The Morgan fingerprint density at radius 3 is 2.57 bits per heavy atom. The van der Waals surface area contributed by atoms with Gasteiger partial charge in [0.15, 0.2) is 5.78 Å². The molecule has 2 saturated heterocycles. The van der Waals surface area contributed by atoms with E-state index in [-0.39, 0.29) is 36.2 Å². The van der Waals surface area contributed by atoms with Crippen molar-refractivity contribution in [1.82, 2.24) is 19.6 Å². The number of aromatic nitrogens is 2. The number of ketones is 1. The summed E-state index contributed by atoms with van der Waals surface area (Å²) in [6.07, 6.45) is 5.51. The Balaban J connectivity index is 1.37. The van der Waals surface area contributed by atoms with Gasteiger partial charge in [0, 0.05) is 61.9 Å². The summed E-state index contributed by atoms with van der Waals surface area (Å²) in [5, 5.41) is 3.88. The van der Waals surface area contributed by atoms with Crippen molar-refractivity contribution in [3.05, 3.63) is 93.8 Å². The first kappa shape index (κ1) is 32.5. The van der Waals surface area contributed by atoms with E-state index in [0.717, 1.165) is 19.5 Å². The summed E-state index contributed by atoms with van der Waals surface area (Å²) in [6, 6.07) is 8.01. The van der Waals surface area contributed by atoms with Crippen LogP contribution in [0, 0.1) is 5.82 Å². The molecule has 8 nitrogen and oxygen atoms in total. The lowest BCUT2D eigenvalue weighted by atomic mass is 9.82. The summed E-state index contributed by atoms with van der Waals surface area (Å²) in [7, 11) is -3.41. The lowest BCUT2D eigenvalue weighted by Crippen LogP contribution is -2.57. The van der Waals surface area contributed by atoms with Gasteiger partial charge in [0.25, 0.3) is 5.92 Å². The minimum Gasteiger partial charge on any atom is -0.321 e. The summed E-state index contributed by atoms with van der Waals surface area (Å²) >= 11 is 6.08. The van der Waals surface area contributed by atoms with E-state index in [9.17, 15) is 22.0 Å². The summed E-state index contributed by atoms with van der Waals surface area (Å²) < 4.78 is 70.1. The maximum absolute atomic E-state index is 15.2. The molecule has 2 bridgehead atoms. The second-order valence-corrected chi connectivity index (χ2v) is 14.1. The summed E-state index contributed by atoms with van der Waals surface area (Å²) in [4.78, 5) is 21.6. The van der Waals surface area contributed by atoms with E-state index in [1.807, 2.05) is 0 Å². The zero-order chi connectivity index (χ0) is 31.6. The van der Waals surface area contributed by atoms with Crippen molar-refractivity contribution < 1.29 is 26.4 Å². The second-order valence-electron chi connectivity index (χ2n) is 11.6. The van der Waals surface area contributed by atoms with Crippen molar-refractivity contribution in [2.24, 2.45) is 5.73 Å². The SMILES string of the molecule is CC(F)(F)c1ccc([C@H](c2ccc(Cl)cc2)[C@H](N)C(=O)Cc2cncc(F)c2CC[C@H]2CN[C@@H]3CCCS(=O)(=O)N2C3)cn1. The van der Waals surface area contributed by atoms with E-state index in [2.05, 4.69) is 15.3 Å². The molecule has 3 aromatic rings. The number of fused-ring (bicyclic) bond motifs is 2. The molecule has 236 valence electrons. The topological polar surface area (TPSA) is 118 Å². The number of nitrogens with two attached hydrogens (primary N) is 1. The molecular weight excluding hydrogens is 615 g/mol. The highest BCUT2D eigenvalue weighted by Gasteiger charge is 2.38. The fraction of sp³-hybridized carbons (Fsp3) is 0.452. The molecule has 44 heavy (non-hydrogen) atoms. The van der Waals surface area contributed by atoms with Crippen molar-refractivity contribution in [3.8, 4) is 0 Å². The van der Waals surface area contributed by atoms with E-state index in [0.29, 0.717) is 47.6 Å². The van der Waals surface area contributed by atoms with Crippen LogP contribution in [0.5, 0.6) is 0 Å². The second kappa shape index (κ2) is 13.2. The number of carbonyl (C=O) groups excluding carboxylic acids is 1. The van der Waals surface area contributed by atoms with Gasteiger partial charge >= 0.3 is 0 Å². The molecule has 2 aliphatic heterocycles. The van der Waals surface area contributed by atoms with Crippen LogP contribution in [0.3, 0.4) is 0 Å². The number of hydrogen-bond donors (Lipinski definition) is 2. The zero-order valence-electron chi connectivity index (χ0n) is 24.2. The van der Waals surface area contributed by atoms with Gasteiger partial charge in [0.1, 0.15) is 11.5 Å². The Kier molecular flexibility index (Phi) is 9.76. The first-order chi connectivity index (χ1) is 20.8. The quantitative estimate of drug-likeness (QED) is 0.335. The van der Waals surface area contributed by atoms with Crippen molar-refractivity contribution in [2.45, 2.75) is 69.0 Å². The van der Waals surface area contributed by atoms with Crippen molar-refractivity contribution in [1.29, 1.82) is 0 Å². The molecule has 0 aliphatic carbocycles. The molecule has 3 N–H and O–H groups in total. The molecule has 1 aromatic carbocycles. The molecule has 5 atom stereocenters. The van der Waals surface area contributed by atoms with Crippen LogP contribution in [0.4, 0.5) is 13.2 Å². The molecule has 4 heterocycles. The monoisotopic (exact) mass is 649 g/mol. The van der Waals surface area contributed by atoms with Gasteiger partial charge in [0.2, 0.25) is 10.0 Å². The van der Waals surface area contributed by atoms with E-state index >= 15 is 4.39 Å². The van der Waals surface area contributed by atoms with Gasteiger partial charge in [-0.1, -0.05) is 29.8 Å². The number of pyridine rings is 2. The predicted molar refractivity (Wildman–Crippen MR) is 162 cm³/mol. The Hall–Kier alpha value is -2.90. The number of piperazine rings is 1. The average Bonchev–Trinajstić information content (AvgIpc) is 3.09. The molecule has 5 rings (SSSR count). The number of sulfonamides is 1. The van der Waals surface area contributed by atoms with Crippen molar-refractivity contribution >= 4 is 27.4 Å². The van der Waals surface area contributed by atoms with Gasteiger partial charge in [-0.05, 0) is 66.1 Å². The van der Waals surface area contributed by atoms with Crippen LogP contribution in [0.25, 0.3) is 0 Å². The molecule has 2 aromatic heterocycles. The molecule has 1 unspecified atom stereocenters. The number of halogens is 4. The number of benzene rings is 1. The van der Waals surface area contributed by atoms with Crippen molar-refractivity contribution in [2.75, 3.05) is 18.8 Å². The minimum absolute atomic E-state index is 0.0941. The first-order valence-electron chi connectivity index (χ1n) is 14.6. The maximum Gasteiger partial charge on any atom is 0.286 e. The lowest BCUT2D eigenvalue weighted by Gasteiger charge is -2.37. The number of nitrogens with one attached hydrogen (secondary N) is 1. The highest BCUT2D eigenvalue weighted by Crippen LogP contribution is 2.32. The summed E-state index contributed by atoms with van der Waals surface area (Å²) in [5.41, 5.74) is 7.88. The molecule has 0 saturated carbocycles. The van der Waals surface area contributed by atoms with Gasteiger partial charge in [-0.2, -0.15) is 13.1 Å². The number of Topliss-reactive ketones (excluding diaryl/α,β-unsaturated/α-hetero) is 1. The lowest BCUT2D eigenvalue weighted by molar-refractivity contribution is -0.120. The normalized spacial score (nSPS) is 23.0. The first-order valence-corrected chi connectivity index (χ1v) is 16.5. The van der Waals surface area contributed by atoms with E-state index < -0.39 is 45.2 Å². The largest absolute Gasteiger partial charge is 0.321 e. The molecular formula is C31H35ClF3N5O3S. The van der Waals surface area contributed by atoms with Gasteiger partial charge in [0.05, 0.1) is 18.0 Å². The van der Waals surface area contributed by atoms with Crippen LogP contribution < -0.4 is 11.1 Å². The number of rotatable bonds is 10. The van der Waals surface area contributed by atoms with Crippen LogP contribution in [0.15, 0.2) is 55.0 Å². The van der Waals surface area contributed by atoms with Crippen LogP contribution in [-0.4, -0.2) is 65.4 Å². The van der Waals surface area contributed by atoms with E-state index in [4.69, 9.17) is 17.3 Å². The van der Waals surface area contributed by atoms with Gasteiger partial charge in [-0.25, -0.2) is 12.8 Å². The Labute approximate surface area is 260 Å². The van der Waals surface area contributed by atoms with Crippen LogP contribution in [0.2, 0.25) is 5.02 Å². The fourth-order valence-corrected chi connectivity index (χ4v) is 8.04. The molecule has 0 spiro atoms. The maximum atomic E-state index is 15.2. The van der Waals surface area contributed by atoms with E-state index in [1.165, 1.54) is 24.5 Å². The number of carbonyl (C=O) groups is 1. The molecule has 2 fully saturated rings. The highest BCUT2D eigenvalue weighted by atomic mass is 35.5. The smallest absolute Gasteiger partial charge is 0.286 e. The van der Waals surface area contributed by atoms with Crippen molar-refractivity contribution in [3.63, 3.8) is 0 Å². The van der Waals surface area contributed by atoms with E-state index in [1.54, 1.807) is 28.6 Å². The van der Waals surface area contributed by atoms with Crippen LogP contribution in [-0.2, 0) is 33.6 Å². The predicted octanol–water partition coefficient (Wildman–Crippen LogP) is 4.35. The molecule has 13 heteroatoms. The van der Waals surface area contributed by atoms with Crippen LogP contribution >= 0.6 is 11.6 Å². The molecule has 0 amide bonds. The number of alkyl halides is 2. The summed E-state index contributed by atoms with van der Waals surface area (Å²) in [5.74, 6) is -4.79. The molecule has 0 radical (unpaired) electrons. The third-order valence-electron chi connectivity index (χ3n) is 8.50. The number of hydrogen-bond acceptors (Lipinski definition) is 7. The fourth-order valence-electron chi connectivity index (χ4n) is 6.11. The van der Waals surface area contributed by atoms with Gasteiger partial charge in [-0.3, -0.25) is 14.8 Å². The zero-order valence-corrected chi connectivity index (χ0v) is 25.8. The number of nitrogens with zero attached hydrogens (tertiary/aromatic N) is 3.